The van der Waals surface area contributed by atoms with E-state index in [9.17, 15) is 10.2 Å². The molecule has 0 fully saturated rings. The molecule has 3 rings (SSSR count). The van der Waals surface area contributed by atoms with Crippen LogP contribution in [-0.4, -0.2) is 49.5 Å². The summed E-state index contributed by atoms with van der Waals surface area (Å²) in [5, 5.41) is 19.6. The summed E-state index contributed by atoms with van der Waals surface area (Å²) in [7, 11) is 1.51. The van der Waals surface area contributed by atoms with Gasteiger partial charge < -0.3 is 24.5 Å². The van der Waals surface area contributed by atoms with E-state index in [2.05, 4.69) is 19.9 Å². The van der Waals surface area contributed by atoms with E-state index in [1.807, 2.05) is 17.6 Å². The van der Waals surface area contributed by atoms with Crippen LogP contribution in [-0.2, 0) is 13.0 Å². The molecular formula is C18H23N5O3. The highest BCUT2D eigenvalue weighted by Crippen LogP contribution is 2.26. The zero-order valence-electron chi connectivity index (χ0n) is 15.1. The molecule has 138 valence electrons. The molecule has 1 aromatic carbocycles. The third-order valence-electron chi connectivity index (χ3n) is 3.94. The molecule has 8 nitrogen and oxygen atoms in total. The van der Waals surface area contributed by atoms with E-state index in [1.165, 1.54) is 7.11 Å². The second-order valence-electron chi connectivity index (χ2n) is 6.11. The van der Waals surface area contributed by atoms with Gasteiger partial charge in [-0.05, 0) is 31.5 Å². The summed E-state index contributed by atoms with van der Waals surface area (Å²) >= 11 is 0. The van der Waals surface area contributed by atoms with E-state index in [1.54, 1.807) is 25.4 Å². The fraction of sp³-hybridized carbons (Fsp3) is 0.389. The average molecular weight is 357 g/mol. The Labute approximate surface area is 150 Å². The van der Waals surface area contributed by atoms with E-state index in [4.69, 9.17) is 4.74 Å². The molecule has 2 heterocycles. The lowest BCUT2D eigenvalue weighted by Crippen LogP contribution is -2.15. The Morgan fingerprint density at radius 1 is 1.38 bits per heavy atom. The molecule has 0 saturated heterocycles. The number of aromatic hydroxyl groups is 1. The normalized spacial score (nSPS) is 13.3. The maximum atomic E-state index is 9.99. The minimum Gasteiger partial charge on any atom is -0.504 e. The second-order valence-corrected chi connectivity index (χ2v) is 6.11. The quantitative estimate of drug-likeness (QED) is 0.617. The Bertz CT molecular complexity index is 975. The first-order valence-electron chi connectivity index (χ1n) is 8.50. The van der Waals surface area contributed by atoms with Crippen LogP contribution in [0, 0.1) is 0 Å². The van der Waals surface area contributed by atoms with E-state index < -0.39 is 6.10 Å². The summed E-state index contributed by atoms with van der Waals surface area (Å²) in [6, 6.07) is 5.26. The Kier molecular flexibility index (Phi) is 5.22. The number of methoxy groups -OCH3 is 1. The van der Waals surface area contributed by atoms with Crippen LogP contribution < -0.4 is 10.2 Å². The predicted molar refractivity (Wildman–Crippen MR) is 97.1 cm³/mol. The van der Waals surface area contributed by atoms with Crippen molar-refractivity contribution in [2.24, 2.45) is 4.99 Å². The molecule has 3 aromatic rings. The van der Waals surface area contributed by atoms with Crippen molar-refractivity contribution in [3.05, 3.63) is 41.4 Å². The van der Waals surface area contributed by atoms with Gasteiger partial charge >= 0.3 is 0 Å². The summed E-state index contributed by atoms with van der Waals surface area (Å²) < 4.78 is 6.96. The van der Waals surface area contributed by atoms with Crippen LogP contribution in [0.1, 0.15) is 25.2 Å². The van der Waals surface area contributed by atoms with Crippen molar-refractivity contribution in [1.82, 2.24) is 19.5 Å². The number of fused-ring (bicyclic) bond motifs is 1. The summed E-state index contributed by atoms with van der Waals surface area (Å²) in [6.07, 6.45) is 1.61. The summed E-state index contributed by atoms with van der Waals surface area (Å²) in [6.45, 7) is 4.76. The number of nitrogens with one attached hydrogen (secondary N) is 1. The van der Waals surface area contributed by atoms with Gasteiger partial charge in [0.15, 0.2) is 22.6 Å². The van der Waals surface area contributed by atoms with Crippen LogP contribution >= 0.6 is 0 Å². The van der Waals surface area contributed by atoms with Crippen LogP contribution in [0.2, 0.25) is 0 Å². The number of H-pyrrole nitrogens is 1. The molecule has 0 bridgehead atoms. The van der Waals surface area contributed by atoms with Crippen molar-refractivity contribution in [2.45, 2.75) is 32.9 Å². The highest BCUT2D eigenvalue weighted by Gasteiger charge is 2.12. The standard InChI is InChI=1S/C18H23N5O3/c1-4-19-17-16-18(22-15(21-16)7-11(2)24)23(10-20-17)9-12-5-6-14(26-3)13(25)8-12/h5-6,8,10-11,24-25H,4,7,9H2,1-3H3,(H,21,22). The highest BCUT2D eigenvalue weighted by atomic mass is 16.5. The van der Waals surface area contributed by atoms with Crippen molar-refractivity contribution in [3.8, 4) is 11.5 Å². The Morgan fingerprint density at radius 2 is 2.19 bits per heavy atom. The lowest BCUT2D eigenvalue weighted by molar-refractivity contribution is 0.193. The number of aromatic amines is 1. The number of phenolic OH excluding ortho intramolecular Hbond substituents is 1. The number of nitrogens with zero attached hydrogens (tertiary/aromatic N) is 4. The van der Waals surface area contributed by atoms with Gasteiger partial charge in [0.1, 0.15) is 11.3 Å². The van der Waals surface area contributed by atoms with Gasteiger partial charge in [-0.15, -0.1) is 0 Å². The lowest BCUT2D eigenvalue weighted by atomic mass is 10.2. The van der Waals surface area contributed by atoms with Gasteiger partial charge in [0, 0.05) is 13.0 Å². The van der Waals surface area contributed by atoms with Crippen molar-refractivity contribution in [3.63, 3.8) is 0 Å². The Balaban J connectivity index is 2.05. The van der Waals surface area contributed by atoms with Crippen molar-refractivity contribution >= 4 is 11.2 Å². The molecule has 26 heavy (non-hydrogen) atoms. The van der Waals surface area contributed by atoms with Gasteiger partial charge in [0.2, 0.25) is 0 Å². The molecule has 8 heteroatoms. The molecule has 0 radical (unpaired) electrons. The van der Waals surface area contributed by atoms with Crippen LogP contribution in [0.4, 0.5) is 0 Å². The molecule has 0 aliphatic rings. The SMILES string of the molecule is CCN=c1ncn(Cc2ccc(OC)c(O)c2)c2nc(CC(C)O)[nH]c12. The Morgan fingerprint density at radius 3 is 2.85 bits per heavy atom. The van der Waals surface area contributed by atoms with Gasteiger partial charge in [-0.1, -0.05) is 6.07 Å². The van der Waals surface area contributed by atoms with Crippen LogP contribution in [0.3, 0.4) is 0 Å². The maximum absolute atomic E-state index is 9.99. The van der Waals surface area contributed by atoms with Crippen molar-refractivity contribution in [2.75, 3.05) is 13.7 Å². The minimum atomic E-state index is -0.498. The molecule has 0 spiro atoms. The molecular weight excluding hydrogens is 334 g/mol. The number of hydrogen-bond acceptors (Lipinski definition) is 6. The largest absolute Gasteiger partial charge is 0.504 e. The van der Waals surface area contributed by atoms with E-state index in [0.29, 0.717) is 42.2 Å². The van der Waals surface area contributed by atoms with Gasteiger partial charge in [-0.25, -0.2) is 9.97 Å². The number of phenols is 1. The van der Waals surface area contributed by atoms with E-state index >= 15 is 0 Å². The predicted octanol–water partition coefficient (Wildman–Crippen LogP) is 1.37. The monoisotopic (exact) mass is 357 g/mol. The molecule has 2 aromatic heterocycles. The van der Waals surface area contributed by atoms with E-state index in [-0.39, 0.29) is 5.75 Å². The van der Waals surface area contributed by atoms with Crippen LogP contribution in [0.15, 0.2) is 29.5 Å². The molecule has 0 aliphatic carbocycles. The van der Waals surface area contributed by atoms with Gasteiger partial charge in [-0.2, -0.15) is 0 Å². The van der Waals surface area contributed by atoms with Gasteiger partial charge in [0.25, 0.3) is 0 Å². The summed E-state index contributed by atoms with van der Waals surface area (Å²) in [4.78, 5) is 16.6. The molecule has 1 atom stereocenters. The zero-order valence-corrected chi connectivity index (χ0v) is 15.1. The smallest absolute Gasteiger partial charge is 0.176 e. The number of rotatable bonds is 6. The third-order valence-corrected chi connectivity index (χ3v) is 3.94. The third kappa shape index (κ3) is 3.70. The summed E-state index contributed by atoms with van der Waals surface area (Å²) in [5.74, 6) is 1.20. The number of hydrogen-bond donors (Lipinski definition) is 3. The number of aromatic nitrogens is 4. The number of benzene rings is 1. The number of ether oxygens (including phenoxy) is 1. The number of aliphatic hydroxyl groups is 1. The molecule has 3 N–H and O–H groups in total. The lowest BCUT2D eigenvalue weighted by Gasteiger charge is -2.09. The van der Waals surface area contributed by atoms with Gasteiger partial charge in [0.05, 0.1) is 26.1 Å². The highest BCUT2D eigenvalue weighted by molar-refractivity contribution is 5.69. The molecule has 0 aliphatic heterocycles. The first-order chi connectivity index (χ1) is 12.5. The van der Waals surface area contributed by atoms with Crippen LogP contribution in [0.25, 0.3) is 11.2 Å². The maximum Gasteiger partial charge on any atom is 0.176 e. The number of aliphatic hydroxyl groups excluding tert-OH is 1. The summed E-state index contributed by atoms with van der Waals surface area (Å²) in [5.41, 5.74) is 2.93. The fourth-order valence-corrected chi connectivity index (χ4v) is 2.81. The second kappa shape index (κ2) is 7.57. The van der Waals surface area contributed by atoms with Crippen molar-refractivity contribution in [1.29, 1.82) is 0 Å². The van der Waals surface area contributed by atoms with Gasteiger partial charge in [-0.3, -0.25) is 4.99 Å². The fourth-order valence-electron chi connectivity index (χ4n) is 2.81. The molecule has 0 amide bonds. The van der Waals surface area contributed by atoms with E-state index in [0.717, 1.165) is 11.1 Å². The average Bonchev–Trinajstić information content (AvgIpc) is 3.01. The Hall–Kier alpha value is -2.87. The zero-order chi connectivity index (χ0) is 18.7. The first kappa shape index (κ1) is 17.9. The minimum absolute atomic E-state index is 0.0872. The molecule has 1 unspecified atom stereocenters. The van der Waals surface area contributed by atoms with Crippen LogP contribution in [0.5, 0.6) is 11.5 Å². The van der Waals surface area contributed by atoms with Crippen molar-refractivity contribution < 1.29 is 14.9 Å². The first-order valence-corrected chi connectivity index (χ1v) is 8.50. The molecule has 0 saturated carbocycles. The number of imidazole rings is 1. The topological polar surface area (TPSA) is 109 Å².